The number of carbonyl (C=O) groups is 2. The van der Waals surface area contributed by atoms with Gasteiger partial charge >= 0.3 is 6.09 Å². The van der Waals surface area contributed by atoms with Crippen molar-refractivity contribution >= 4 is 23.6 Å². The summed E-state index contributed by atoms with van der Waals surface area (Å²) in [6, 6.07) is -0.417. The Labute approximate surface area is 82.4 Å². The van der Waals surface area contributed by atoms with Crippen LogP contribution in [-0.2, 0) is 9.53 Å². The van der Waals surface area contributed by atoms with Crippen LogP contribution < -0.4 is 5.32 Å². The van der Waals surface area contributed by atoms with Crippen LogP contribution in [0.1, 0.15) is 13.3 Å². The van der Waals surface area contributed by atoms with Gasteiger partial charge in [0.1, 0.15) is 0 Å². The molecule has 1 atom stereocenters. The second kappa shape index (κ2) is 6.77. The Balaban J connectivity index is 3.94. The third-order valence-corrected chi connectivity index (χ3v) is 2.22. The lowest BCUT2D eigenvalue weighted by molar-refractivity contribution is -0.118. The van der Waals surface area contributed by atoms with Crippen LogP contribution in [0.5, 0.6) is 0 Å². The van der Waals surface area contributed by atoms with E-state index in [9.17, 15) is 9.59 Å². The molecule has 1 N–H and O–H groups in total. The number of Topliss-reactive ketones (excluding diaryl/α,β-unsaturated/α-hetero) is 1. The first-order valence-electron chi connectivity index (χ1n) is 3.95. The van der Waals surface area contributed by atoms with Crippen molar-refractivity contribution in [2.45, 2.75) is 19.4 Å². The first kappa shape index (κ1) is 12.3. The van der Waals surface area contributed by atoms with Crippen molar-refractivity contribution in [2.24, 2.45) is 0 Å². The van der Waals surface area contributed by atoms with E-state index in [1.54, 1.807) is 11.8 Å². The zero-order valence-corrected chi connectivity index (χ0v) is 8.94. The van der Waals surface area contributed by atoms with E-state index in [1.807, 2.05) is 6.26 Å². The number of rotatable bonds is 5. The Morgan fingerprint density at radius 1 is 1.54 bits per heavy atom. The van der Waals surface area contributed by atoms with Crippen LogP contribution >= 0.6 is 11.8 Å². The van der Waals surface area contributed by atoms with Crippen molar-refractivity contribution < 1.29 is 14.3 Å². The molecule has 0 heterocycles. The fourth-order valence-electron chi connectivity index (χ4n) is 0.814. The second-order valence-corrected chi connectivity index (χ2v) is 3.57. The van der Waals surface area contributed by atoms with E-state index in [4.69, 9.17) is 0 Å². The Bertz CT molecular complexity index is 184. The lowest BCUT2D eigenvalue weighted by atomic mass is 10.1. The van der Waals surface area contributed by atoms with Crippen molar-refractivity contribution in [1.82, 2.24) is 5.32 Å². The van der Waals surface area contributed by atoms with Gasteiger partial charge in [0.25, 0.3) is 0 Å². The lowest BCUT2D eigenvalue weighted by Crippen LogP contribution is -2.40. The Morgan fingerprint density at radius 2 is 2.15 bits per heavy atom. The number of ether oxygens (including phenoxy) is 1. The Morgan fingerprint density at radius 3 is 2.54 bits per heavy atom. The standard InChI is InChI=1S/C8H15NO3S/c1-6(10)7(4-5-13-3)9-8(11)12-2/h7H,4-5H2,1-3H3,(H,9,11)/t7-/m1/s1. The molecule has 0 aromatic carbocycles. The molecule has 76 valence electrons. The first-order chi connectivity index (χ1) is 6.11. The number of methoxy groups -OCH3 is 1. The zero-order chi connectivity index (χ0) is 10.3. The summed E-state index contributed by atoms with van der Waals surface area (Å²) in [5, 5.41) is 2.48. The van der Waals surface area contributed by atoms with Crippen molar-refractivity contribution in [2.75, 3.05) is 19.1 Å². The molecule has 0 unspecified atom stereocenters. The van der Waals surface area contributed by atoms with Crippen LogP contribution in [0.4, 0.5) is 4.79 Å². The van der Waals surface area contributed by atoms with Crippen LogP contribution in [0.3, 0.4) is 0 Å². The molecule has 0 aliphatic carbocycles. The molecule has 0 aliphatic heterocycles. The minimum Gasteiger partial charge on any atom is -0.453 e. The number of carbonyl (C=O) groups excluding carboxylic acids is 2. The quantitative estimate of drug-likeness (QED) is 0.729. The minimum absolute atomic E-state index is 0.0422. The van der Waals surface area contributed by atoms with Gasteiger partial charge in [0.2, 0.25) is 0 Å². The summed E-state index contributed by atoms with van der Waals surface area (Å²) in [5.41, 5.74) is 0. The monoisotopic (exact) mass is 205 g/mol. The minimum atomic E-state index is -0.554. The van der Waals surface area contributed by atoms with E-state index in [0.29, 0.717) is 6.42 Å². The summed E-state index contributed by atoms with van der Waals surface area (Å²) in [6.45, 7) is 1.46. The van der Waals surface area contributed by atoms with Crippen molar-refractivity contribution in [3.05, 3.63) is 0 Å². The number of nitrogens with one attached hydrogen (secondary N) is 1. The van der Waals surface area contributed by atoms with Crippen LogP contribution in [0, 0.1) is 0 Å². The number of amides is 1. The van der Waals surface area contributed by atoms with Gasteiger partial charge in [-0.05, 0) is 25.4 Å². The molecule has 0 bridgehead atoms. The number of hydrogen-bond donors (Lipinski definition) is 1. The maximum atomic E-state index is 11.0. The molecule has 0 aromatic heterocycles. The van der Waals surface area contributed by atoms with E-state index < -0.39 is 12.1 Å². The van der Waals surface area contributed by atoms with Crippen molar-refractivity contribution in [3.63, 3.8) is 0 Å². The number of hydrogen-bond acceptors (Lipinski definition) is 4. The van der Waals surface area contributed by atoms with E-state index in [1.165, 1.54) is 14.0 Å². The molecule has 0 rings (SSSR count). The largest absolute Gasteiger partial charge is 0.453 e. The summed E-state index contributed by atoms with van der Waals surface area (Å²) >= 11 is 1.64. The highest BCUT2D eigenvalue weighted by Crippen LogP contribution is 2.01. The molecule has 0 saturated heterocycles. The highest BCUT2D eigenvalue weighted by atomic mass is 32.2. The van der Waals surface area contributed by atoms with Crippen molar-refractivity contribution in [3.8, 4) is 0 Å². The number of ketones is 1. The maximum absolute atomic E-state index is 11.0. The zero-order valence-electron chi connectivity index (χ0n) is 8.12. The van der Waals surface area contributed by atoms with E-state index in [2.05, 4.69) is 10.1 Å². The molecular formula is C8H15NO3S. The predicted molar refractivity (Wildman–Crippen MR) is 53.0 cm³/mol. The fourth-order valence-corrected chi connectivity index (χ4v) is 1.29. The molecule has 0 saturated carbocycles. The topological polar surface area (TPSA) is 55.4 Å². The molecular weight excluding hydrogens is 190 g/mol. The fraction of sp³-hybridized carbons (Fsp3) is 0.750. The van der Waals surface area contributed by atoms with Gasteiger partial charge in [0, 0.05) is 0 Å². The average molecular weight is 205 g/mol. The van der Waals surface area contributed by atoms with E-state index >= 15 is 0 Å². The van der Waals surface area contributed by atoms with Crippen molar-refractivity contribution in [1.29, 1.82) is 0 Å². The molecule has 0 spiro atoms. The molecule has 0 aromatic rings. The SMILES string of the molecule is COC(=O)N[C@H](CCSC)C(C)=O. The highest BCUT2D eigenvalue weighted by Gasteiger charge is 2.16. The number of alkyl carbamates (subject to hydrolysis) is 1. The molecule has 4 nitrogen and oxygen atoms in total. The van der Waals surface area contributed by atoms with Gasteiger partial charge in [-0.1, -0.05) is 0 Å². The Kier molecular flexibility index (Phi) is 6.40. The van der Waals surface area contributed by atoms with Gasteiger partial charge in [-0.2, -0.15) is 11.8 Å². The van der Waals surface area contributed by atoms with E-state index in [-0.39, 0.29) is 5.78 Å². The maximum Gasteiger partial charge on any atom is 0.407 e. The molecule has 1 amide bonds. The van der Waals surface area contributed by atoms with Crippen LogP contribution in [-0.4, -0.2) is 37.0 Å². The smallest absolute Gasteiger partial charge is 0.407 e. The molecule has 0 radical (unpaired) electrons. The summed E-state index contributed by atoms with van der Waals surface area (Å²) in [6.07, 6.45) is 2.04. The first-order valence-corrected chi connectivity index (χ1v) is 5.35. The van der Waals surface area contributed by atoms with Gasteiger partial charge < -0.3 is 10.1 Å². The van der Waals surface area contributed by atoms with Gasteiger partial charge in [-0.25, -0.2) is 4.79 Å². The molecule has 0 aliphatic rings. The van der Waals surface area contributed by atoms with Gasteiger partial charge in [0.05, 0.1) is 13.2 Å². The summed E-state index contributed by atoms with van der Waals surface area (Å²) in [4.78, 5) is 21.8. The van der Waals surface area contributed by atoms with Gasteiger partial charge in [-0.3, -0.25) is 4.79 Å². The molecule has 0 fully saturated rings. The summed E-state index contributed by atoms with van der Waals surface area (Å²) in [7, 11) is 1.28. The normalized spacial score (nSPS) is 11.9. The lowest BCUT2D eigenvalue weighted by Gasteiger charge is -2.13. The van der Waals surface area contributed by atoms with Crippen LogP contribution in [0.15, 0.2) is 0 Å². The van der Waals surface area contributed by atoms with Crippen LogP contribution in [0.25, 0.3) is 0 Å². The van der Waals surface area contributed by atoms with E-state index in [0.717, 1.165) is 5.75 Å². The third kappa shape index (κ3) is 5.52. The summed E-state index contributed by atoms with van der Waals surface area (Å²) < 4.78 is 4.40. The Hall–Kier alpha value is -0.710. The summed E-state index contributed by atoms with van der Waals surface area (Å²) in [5.74, 6) is 0.799. The average Bonchev–Trinajstić information content (AvgIpc) is 2.11. The second-order valence-electron chi connectivity index (χ2n) is 2.58. The predicted octanol–water partition coefficient (Wildman–Crippen LogP) is 1.05. The highest BCUT2D eigenvalue weighted by molar-refractivity contribution is 7.98. The van der Waals surface area contributed by atoms with Gasteiger partial charge in [-0.15, -0.1) is 0 Å². The molecule has 5 heteroatoms. The van der Waals surface area contributed by atoms with Gasteiger partial charge in [0.15, 0.2) is 5.78 Å². The molecule has 13 heavy (non-hydrogen) atoms. The van der Waals surface area contributed by atoms with Crippen LogP contribution in [0.2, 0.25) is 0 Å². The third-order valence-electron chi connectivity index (χ3n) is 1.58. The number of thioether (sulfide) groups is 1.